The number of benzene rings is 1. The molecule has 0 aliphatic heterocycles. The monoisotopic (exact) mass is 275 g/mol. The first-order valence-corrected chi connectivity index (χ1v) is 6.37. The molecule has 106 valence electrons. The second kappa shape index (κ2) is 6.25. The molecule has 5 heteroatoms. The highest BCUT2D eigenvalue weighted by Crippen LogP contribution is 2.23. The molecular formula is C15H17NO4. The second-order valence-electron chi connectivity index (χ2n) is 4.30. The van der Waals surface area contributed by atoms with Crippen molar-refractivity contribution in [3.8, 4) is 5.75 Å². The molecule has 0 spiro atoms. The Morgan fingerprint density at radius 2 is 2.20 bits per heavy atom. The number of anilines is 1. The van der Waals surface area contributed by atoms with Crippen LogP contribution in [0.4, 0.5) is 5.69 Å². The van der Waals surface area contributed by atoms with Crippen molar-refractivity contribution in [2.24, 2.45) is 0 Å². The molecule has 1 amide bonds. The van der Waals surface area contributed by atoms with Crippen molar-refractivity contribution in [2.75, 3.05) is 11.9 Å². The molecule has 1 aromatic heterocycles. The molecule has 1 aromatic carbocycles. The minimum atomic E-state index is -0.319. The number of aryl methyl sites for hydroxylation is 1. The normalized spacial score (nSPS) is 10.3. The van der Waals surface area contributed by atoms with E-state index in [-0.39, 0.29) is 18.3 Å². The van der Waals surface area contributed by atoms with Gasteiger partial charge in [-0.3, -0.25) is 4.79 Å². The number of carbonyl (C=O) groups excluding carboxylic acids is 1. The third-order valence-corrected chi connectivity index (χ3v) is 2.86. The number of nitrogens with one attached hydrogen (secondary N) is 1. The minimum absolute atomic E-state index is 0.154. The number of hydrogen-bond acceptors (Lipinski definition) is 4. The van der Waals surface area contributed by atoms with Gasteiger partial charge < -0.3 is 19.6 Å². The average Bonchev–Trinajstić information content (AvgIpc) is 2.87. The fraction of sp³-hybridized carbons (Fsp3) is 0.267. The van der Waals surface area contributed by atoms with E-state index < -0.39 is 0 Å². The Labute approximate surface area is 117 Å². The van der Waals surface area contributed by atoms with Crippen molar-refractivity contribution >= 4 is 11.6 Å². The first-order valence-electron chi connectivity index (χ1n) is 6.37. The fourth-order valence-corrected chi connectivity index (χ4v) is 1.87. The molecule has 0 bridgehead atoms. The summed E-state index contributed by atoms with van der Waals surface area (Å²) in [6.45, 7) is 4.04. The zero-order valence-electron chi connectivity index (χ0n) is 11.5. The number of hydrogen-bond donors (Lipinski definition) is 2. The van der Waals surface area contributed by atoms with Gasteiger partial charge in [0.25, 0.3) is 5.91 Å². The van der Waals surface area contributed by atoms with Gasteiger partial charge in [-0.25, -0.2) is 0 Å². The standard InChI is InChI=1S/C15H17NO4/c1-3-19-13-5-4-12(8-11(13)9-17)16-15(18)14-10(2)6-7-20-14/h4-8,17H,3,9H2,1-2H3,(H,16,18). The lowest BCUT2D eigenvalue weighted by Gasteiger charge is -2.11. The van der Waals surface area contributed by atoms with Crippen molar-refractivity contribution in [2.45, 2.75) is 20.5 Å². The second-order valence-corrected chi connectivity index (χ2v) is 4.30. The molecule has 0 atom stereocenters. The van der Waals surface area contributed by atoms with E-state index in [1.54, 1.807) is 31.2 Å². The number of carbonyl (C=O) groups is 1. The van der Waals surface area contributed by atoms with Crippen LogP contribution in [-0.4, -0.2) is 17.6 Å². The molecule has 0 unspecified atom stereocenters. The molecule has 2 rings (SSSR count). The number of amides is 1. The quantitative estimate of drug-likeness (QED) is 0.880. The van der Waals surface area contributed by atoms with Crippen molar-refractivity contribution in [3.05, 3.63) is 47.4 Å². The SMILES string of the molecule is CCOc1ccc(NC(=O)c2occc2C)cc1CO. The molecule has 0 aliphatic rings. The first kappa shape index (κ1) is 14.1. The molecule has 0 saturated heterocycles. The Hall–Kier alpha value is -2.27. The zero-order chi connectivity index (χ0) is 14.5. The van der Waals surface area contributed by atoms with E-state index in [1.807, 2.05) is 6.92 Å². The van der Waals surface area contributed by atoms with E-state index in [2.05, 4.69) is 5.32 Å². The Morgan fingerprint density at radius 3 is 2.80 bits per heavy atom. The Bertz CT molecular complexity index is 604. The highest BCUT2D eigenvalue weighted by atomic mass is 16.5. The van der Waals surface area contributed by atoms with Crippen LogP contribution in [0.1, 0.15) is 28.6 Å². The summed E-state index contributed by atoms with van der Waals surface area (Å²) in [6, 6.07) is 6.85. The molecule has 20 heavy (non-hydrogen) atoms. The maximum Gasteiger partial charge on any atom is 0.291 e. The molecule has 0 aliphatic carbocycles. The smallest absolute Gasteiger partial charge is 0.291 e. The van der Waals surface area contributed by atoms with E-state index in [1.165, 1.54) is 6.26 Å². The van der Waals surface area contributed by atoms with Crippen LogP contribution >= 0.6 is 0 Å². The average molecular weight is 275 g/mol. The largest absolute Gasteiger partial charge is 0.494 e. The van der Waals surface area contributed by atoms with E-state index in [4.69, 9.17) is 9.15 Å². The maximum absolute atomic E-state index is 12.0. The molecule has 0 fully saturated rings. The molecule has 0 saturated carbocycles. The molecule has 5 nitrogen and oxygen atoms in total. The molecule has 2 aromatic rings. The van der Waals surface area contributed by atoms with Crippen LogP contribution in [0, 0.1) is 6.92 Å². The predicted octanol–water partition coefficient (Wildman–Crippen LogP) is 2.73. The number of aliphatic hydroxyl groups is 1. The van der Waals surface area contributed by atoms with Crippen molar-refractivity contribution in [3.63, 3.8) is 0 Å². The number of rotatable bonds is 5. The minimum Gasteiger partial charge on any atom is -0.494 e. The van der Waals surface area contributed by atoms with Crippen molar-refractivity contribution < 1.29 is 19.1 Å². The summed E-state index contributed by atoms with van der Waals surface area (Å²) < 4.78 is 10.5. The van der Waals surface area contributed by atoms with Crippen LogP contribution in [0.3, 0.4) is 0 Å². The van der Waals surface area contributed by atoms with Crippen LogP contribution in [0.15, 0.2) is 34.9 Å². The summed E-state index contributed by atoms with van der Waals surface area (Å²) in [6.07, 6.45) is 1.47. The third kappa shape index (κ3) is 3.00. The summed E-state index contributed by atoms with van der Waals surface area (Å²) in [5.41, 5.74) is 1.98. The maximum atomic E-state index is 12.0. The first-order chi connectivity index (χ1) is 9.65. The summed E-state index contributed by atoms with van der Waals surface area (Å²) in [5.74, 6) is 0.576. The summed E-state index contributed by atoms with van der Waals surface area (Å²) >= 11 is 0. The molecule has 2 N–H and O–H groups in total. The number of ether oxygens (including phenoxy) is 1. The van der Waals surface area contributed by atoms with Gasteiger partial charge in [0.1, 0.15) is 5.75 Å². The lowest BCUT2D eigenvalue weighted by atomic mass is 10.2. The van der Waals surface area contributed by atoms with E-state index >= 15 is 0 Å². The highest BCUT2D eigenvalue weighted by molar-refractivity contribution is 6.03. The van der Waals surface area contributed by atoms with Gasteiger partial charge in [0.2, 0.25) is 0 Å². The predicted molar refractivity (Wildman–Crippen MR) is 74.9 cm³/mol. The van der Waals surface area contributed by atoms with E-state index in [0.717, 1.165) is 5.56 Å². The van der Waals surface area contributed by atoms with Crippen LogP contribution in [-0.2, 0) is 6.61 Å². The Kier molecular flexibility index (Phi) is 4.42. The van der Waals surface area contributed by atoms with E-state index in [9.17, 15) is 9.90 Å². The van der Waals surface area contributed by atoms with Crippen LogP contribution in [0.2, 0.25) is 0 Å². The van der Waals surface area contributed by atoms with Gasteiger partial charge in [-0.2, -0.15) is 0 Å². The Morgan fingerprint density at radius 1 is 1.40 bits per heavy atom. The van der Waals surface area contributed by atoms with Gasteiger partial charge in [-0.05, 0) is 38.1 Å². The summed E-state index contributed by atoms with van der Waals surface area (Å²) in [4.78, 5) is 12.0. The lowest BCUT2D eigenvalue weighted by Crippen LogP contribution is -2.12. The number of aliphatic hydroxyl groups excluding tert-OH is 1. The van der Waals surface area contributed by atoms with Gasteiger partial charge >= 0.3 is 0 Å². The Balaban J connectivity index is 2.18. The van der Waals surface area contributed by atoms with Gasteiger partial charge in [0.05, 0.1) is 19.5 Å². The van der Waals surface area contributed by atoms with Crippen LogP contribution < -0.4 is 10.1 Å². The lowest BCUT2D eigenvalue weighted by molar-refractivity contribution is 0.0996. The van der Waals surface area contributed by atoms with Gasteiger partial charge in [0, 0.05) is 16.8 Å². The molecule has 1 heterocycles. The van der Waals surface area contributed by atoms with Crippen LogP contribution in [0.25, 0.3) is 0 Å². The van der Waals surface area contributed by atoms with Gasteiger partial charge in [0.15, 0.2) is 5.76 Å². The summed E-state index contributed by atoms with van der Waals surface area (Å²) in [7, 11) is 0. The van der Waals surface area contributed by atoms with Gasteiger partial charge in [-0.15, -0.1) is 0 Å². The van der Waals surface area contributed by atoms with E-state index in [0.29, 0.717) is 23.6 Å². The summed E-state index contributed by atoms with van der Waals surface area (Å²) in [5, 5.41) is 12.1. The van der Waals surface area contributed by atoms with Crippen molar-refractivity contribution in [1.29, 1.82) is 0 Å². The highest BCUT2D eigenvalue weighted by Gasteiger charge is 2.13. The van der Waals surface area contributed by atoms with Crippen LogP contribution in [0.5, 0.6) is 5.75 Å². The zero-order valence-corrected chi connectivity index (χ0v) is 11.5. The third-order valence-electron chi connectivity index (χ3n) is 2.86. The fourth-order valence-electron chi connectivity index (χ4n) is 1.87. The molecular weight excluding hydrogens is 258 g/mol. The number of furan rings is 1. The van der Waals surface area contributed by atoms with Crippen molar-refractivity contribution in [1.82, 2.24) is 0 Å². The van der Waals surface area contributed by atoms with Gasteiger partial charge in [-0.1, -0.05) is 0 Å². The topological polar surface area (TPSA) is 71.7 Å². The molecule has 0 radical (unpaired) electrons.